The lowest BCUT2D eigenvalue weighted by Crippen LogP contribution is -2.26. The Bertz CT molecular complexity index is 533. The highest BCUT2D eigenvalue weighted by Crippen LogP contribution is 2.42. The molecule has 3 heteroatoms. The summed E-state index contributed by atoms with van der Waals surface area (Å²) in [7, 11) is 0. The van der Waals surface area contributed by atoms with Gasteiger partial charge in [-0.1, -0.05) is 30.3 Å². The lowest BCUT2D eigenvalue weighted by molar-refractivity contribution is 0.370. The van der Waals surface area contributed by atoms with Gasteiger partial charge in [0.2, 0.25) is 0 Å². The lowest BCUT2D eigenvalue weighted by Gasteiger charge is -2.23. The molecule has 1 saturated carbocycles. The Balaban J connectivity index is 1.77. The molecule has 2 atom stereocenters. The molecule has 1 aliphatic carbocycles. The third-order valence-corrected chi connectivity index (χ3v) is 4.37. The van der Waals surface area contributed by atoms with E-state index < -0.39 is 0 Å². The van der Waals surface area contributed by atoms with Gasteiger partial charge in [0.1, 0.15) is 5.76 Å². The topological polar surface area (TPSA) is 25.2 Å². The van der Waals surface area contributed by atoms with Crippen LogP contribution in [0, 0.1) is 5.92 Å². The minimum Gasteiger partial charge on any atom is -0.466 e. The molecule has 0 saturated heterocycles. The maximum atomic E-state index is 5.55. The molecule has 1 N–H and O–H groups in total. The molecule has 0 spiro atoms. The zero-order chi connectivity index (χ0) is 13.2. The maximum absolute atomic E-state index is 5.55. The molecule has 2 nitrogen and oxygen atoms in total. The molecule has 0 radical (unpaired) electrons. The van der Waals surface area contributed by atoms with E-state index in [0.29, 0.717) is 6.04 Å². The van der Waals surface area contributed by atoms with E-state index in [-0.39, 0.29) is 6.04 Å². The van der Waals surface area contributed by atoms with Crippen molar-refractivity contribution >= 4 is 15.9 Å². The van der Waals surface area contributed by atoms with Crippen LogP contribution >= 0.6 is 15.9 Å². The van der Waals surface area contributed by atoms with Crippen molar-refractivity contribution in [3.8, 4) is 0 Å². The van der Waals surface area contributed by atoms with Crippen LogP contribution in [0.15, 0.2) is 51.6 Å². The number of halogens is 1. The highest BCUT2D eigenvalue weighted by Gasteiger charge is 2.33. The quantitative estimate of drug-likeness (QED) is 0.852. The molecule has 100 valence electrons. The molecular weight excluding hydrogens is 302 g/mol. The van der Waals surface area contributed by atoms with Gasteiger partial charge in [-0.15, -0.1) is 0 Å². The molecule has 1 heterocycles. The van der Waals surface area contributed by atoms with Crippen molar-refractivity contribution in [3.63, 3.8) is 0 Å². The Morgan fingerprint density at radius 2 is 1.95 bits per heavy atom. The third-order valence-electron chi connectivity index (χ3n) is 3.72. The fourth-order valence-electron chi connectivity index (χ4n) is 2.55. The SMILES string of the molecule is C[C@H](N[C@H](c1ccccc1)C1CC1)c1occc1Br. The van der Waals surface area contributed by atoms with E-state index in [2.05, 4.69) is 58.5 Å². The van der Waals surface area contributed by atoms with Gasteiger partial charge in [-0.25, -0.2) is 0 Å². The van der Waals surface area contributed by atoms with Crippen LogP contribution < -0.4 is 5.32 Å². The second-order valence-corrected chi connectivity index (χ2v) is 6.10. The smallest absolute Gasteiger partial charge is 0.134 e. The van der Waals surface area contributed by atoms with Gasteiger partial charge in [-0.05, 0) is 53.2 Å². The number of hydrogen-bond donors (Lipinski definition) is 1. The largest absolute Gasteiger partial charge is 0.466 e. The molecule has 0 bridgehead atoms. The first-order valence-corrected chi connectivity index (χ1v) is 7.59. The van der Waals surface area contributed by atoms with Crippen LogP contribution in [0.25, 0.3) is 0 Å². The number of hydrogen-bond acceptors (Lipinski definition) is 2. The average molecular weight is 320 g/mol. The summed E-state index contributed by atoms with van der Waals surface area (Å²) in [5.41, 5.74) is 1.37. The summed E-state index contributed by atoms with van der Waals surface area (Å²) in [4.78, 5) is 0. The van der Waals surface area contributed by atoms with Gasteiger partial charge in [0.25, 0.3) is 0 Å². The van der Waals surface area contributed by atoms with Crippen molar-refractivity contribution in [2.45, 2.75) is 31.8 Å². The summed E-state index contributed by atoms with van der Waals surface area (Å²) in [5.74, 6) is 1.74. The van der Waals surface area contributed by atoms with E-state index in [1.807, 2.05) is 6.07 Å². The minimum atomic E-state index is 0.204. The highest BCUT2D eigenvalue weighted by molar-refractivity contribution is 9.10. The van der Waals surface area contributed by atoms with Gasteiger partial charge >= 0.3 is 0 Å². The van der Waals surface area contributed by atoms with Gasteiger partial charge in [0, 0.05) is 6.04 Å². The van der Waals surface area contributed by atoms with Crippen molar-refractivity contribution in [1.82, 2.24) is 5.32 Å². The van der Waals surface area contributed by atoms with E-state index in [9.17, 15) is 0 Å². The van der Waals surface area contributed by atoms with E-state index >= 15 is 0 Å². The van der Waals surface area contributed by atoms with Gasteiger partial charge in [0.15, 0.2) is 0 Å². The van der Waals surface area contributed by atoms with Crippen molar-refractivity contribution in [3.05, 3.63) is 58.5 Å². The molecule has 1 aromatic heterocycles. The first kappa shape index (κ1) is 12.9. The summed E-state index contributed by atoms with van der Waals surface area (Å²) in [5, 5.41) is 3.71. The van der Waals surface area contributed by atoms with Crippen molar-refractivity contribution < 1.29 is 4.42 Å². The molecule has 2 aromatic rings. The van der Waals surface area contributed by atoms with E-state index in [1.54, 1.807) is 6.26 Å². The van der Waals surface area contributed by atoms with Crippen LogP contribution in [0.5, 0.6) is 0 Å². The van der Waals surface area contributed by atoms with Gasteiger partial charge in [-0.2, -0.15) is 0 Å². The van der Waals surface area contributed by atoms with Crippen LogP contribution in [0.3, 0.4) is 0 Å². The molecule has 1 aromatic carbocycles. The summed E-state index contributed by atoms with van der Waals surface area (Å²) in [6, 6.07) is 13.3. The van der Waals surface area contributed by atoms with Gasteiger partial charge in [-0.3, -0.25) is 0 Å². The van der Waals surface area contributed by atoms with E-state index in [4.69, 9.17) is 4.42 Å². The van der Waals surface area contributed by atoms with Crippen LogP contribution in [-0.4, -0.2) is 0 Å². The summed E-state index contributed by atoms with van der Waals surface area (Å²) >= 11 is 3.53. The highest BCUT2D eigenvalue weighted by atomic mass is 79.9. The van der Waals surface area contributed by atoms with Crippen LogP contribution in [0.4, 0.5) is 0 Å². The van der Waals surface area contributed by atoms with E-state index in [0.717, 1.165) is 16.2 Å². The molecule has 0 unspecified atom stereocenters. The van der Waals surface area contributed by atoms with Gasteiger partial charge in [0.05, 0.1) is 16.8 Å². The Labute approximate surface area is 122 Å². The van der Waals surface area contributed by atoms with Crippen LogP contribution in [0.1, 0.15) is 43.2 Å². The second kappa shape index (κ2) is 5.51. The number of nitrogens with one attached hydrogen (secondary N) is 1. The van der Waals surface area contributed by atoms with Gasteiger partial charge < -0.3 is 9.73 Å². The zero-order valence-electron chi connectivity index (χ0n) is 11.0. The standard InChI is InChI=1S/C16H18BrNO/c1-11(16-14(17)9-10-19-16)18-15(13-7-8-13)12-5-3-2-4-6-12/h2-6,9-11,13,15,18H,7-8H2,1H3/t11-,15+/m0/s1. The number of benzene rings is 1. The zero-order valence-corrected chi connectivity index (χ0v) is 12.6. The monoisotopic (exact) mass is 319 g/mol. The normalized spacial score (nSPS) is 18.2. The molecule has 0 amide bonds. The first-order valence-electron chi connectivity index (χ1n) is 6.79. The third kappa shape index (κ3) is 2.93. The Morgan fingerprint density at radius 1 is 1.21 bits per heavy atom. The van der Waals surface area contributed by atoms with Crippen molar-refractivity contribution in [2.24, 2.45) is 5.92 Å². The molecule has 0 aliphatic heterocycles. The molecule has 3 rings (SSSR count). The van der Waals surface area contributed by atoms with Crippen LogP contribution in [-0.2, 0) is 0 Å². The predicted octanol–water partition coefficient (Wildman–Crippen LogP) is 4.84. The molecular formula is C16H18BrNO. The summed E-state index contributed by atoms with van der Waals surface area (Å²) < 4.78 is 6.59. The van der Waals surface area contributed by atoms with Crippen molar-refractivity contribution in [1.29, 1.82) is 0 Å². The lowest BCUT2D eigenvalue weighted by atomic mass is 10.0. The Morgan fingerprint density at radius 3 is 2.53 bits per heavy atom. The molecule has 1 aliphatic rings. The number of rotatable bonds is 5. The van der Waals surface area contributed by atoms with E-state index in [1.165, 1.54) is 18.4 Å². The predicted molar refractivity (Wildman–Crippen MR) is 79.9 cm³/mol. The van der Waals surface area contributed by atoms with Crippen molar-refractivity contribution in [2.75, 3.05) is 0 Å². The Kier molecular flexibility index (Phi) is 3.76. The number of furan rings is 1. The fourth-order valence-corrected chi connectivity index (χ4v) is 3.10. The summed E-state index contributed by atoms with van der Waals surface area (Å²) in [6.07, 6.45) is 4.36. The maximum Gasteiger partial charge on any atom is 0.134 e. The molecule has 1 fully saturated rings. The average Bonchev–Trinajstić information content (AvgIpc) is 3.18. The summed E-state index contributed by atoms with van der Waals surface area (Å²) in [6.45, 7) is 2.15. The minimum absolute atomic E-state index is 0.204. The molecule has 19 heavy (non-hydrogen) atoms. The fraction of sp³-hybridized carbons (Fsp3) is 0.375. The second-order valence-electron chi connectivity index (χ2n) is 5.25. The first-order chi connectivity index (χ1) is 9.25. The Hall–Kier alpha value is -1.06. The van der Waals surface area contributed by atoms with Crippen LogP contribution in [0.2, 0.25) is 0 Å².